The lowest BCUT2D eigenvalue weighted by molar-refractivity contribution is 0.788. The van der Waals surface area contributed by atoms with Gasteiger partial charge in [-0.3, -0.25) is 0 Å². The zero-order valence-corrected chi connectivity index (χ0v) is 10.9. The van der Waals surface area contributed by atoms with Gasteiger partial charge in [0.15, 0.2) is 0 Å². The summed E-state index contributed by atoms with van der Waals surface area (Å²) in [5.41, 5.74) is 11.5. The molecule has 0 aliphatic heterocycles. The number of nitrogen functional groups attached to an aromatic ring is 1. The lowest BCUT2D eigenvalue weighted by atomic mass is 10.2. The number of rotatable bonds is 2. The second-order valence-corrected chi connectivity index (χ2v) is 4.97. The Morgan fingerprint density at radius 1 is 1.47 bits per heavy atom. The summed E-state index contributed by atoms with van der Waals surface area (Å²) in [6.45, 7) is 6.60. The van der Waals surface area contributed by atoms with Crippen molar-refractivity contribution in [3.63, 3.8) is 0 Å². The van der Waals surface area contributed by atoms with Crippen LogP contribution in [0, 0.1) is 32.1 Å². The van der Waals surface area contributed by atoms with E-state index < -0.39 is 0 Å². The molecule has 0 amide bonds. The van der Waals surface area contributed by atoms with Crippen LogP contribution in [-0.2, 0) is 6.54 Å². The van der Waals surface area contributed by atoms with Gasteiger partial charge in [0.1, 0.15) is 11.9 Å². The van der Waals surface area contributed by atoms with Gasteiger partial charge < -0.3 is 10.3 Å². The van der Waals surface area contributed by atoms with E-state index in [0.29, 0.717) is 17.9 Å². The predicted octanol–water partition coefficient (Wildman–Crippen LogP) is 2.37. The number of nitrogens with zero attached hydrogens (tertiary/aromatic N) is 3. The molecule has 0 aliphatic carbocycles. The SMILES string of the molecule is Cc1ncsc1Cn1c(C)c(C)c(C#N)c1N. The number of hydrogen-bond acceptors (Lipinski definition) is 4. The fraction of sp³-hybridized carbons (Fsp3) is 0.333. The van der Waals surface area contributed by atoms with Crippen molar-refractivity contribution in [3.8, 4) is 6.07 Å². The molecule has 0 aliphatic rings. The average Bonchev–Trinajstić information content (AvgIpc) is 2.78. The number of anilines is 1. The lowest BCUT2D eigenvalue weighted by Crippen LogP contribution is -2.06. The topological polar surface area (TPSA) is 67.6 Å². The van der Waals surface area contributed by atoms with Crippen LogP contribution in [0.15, 0.2) is 5.51 Å². The van der Waals surface area contributed by atoms with Gasteiger partial charge in [-0.2, -0.15) is 5.26 Å². The molecule has 2 aromatic heterocycles. The molecule has 2 heterocycles. The van der Waals surface area contributed by atoms with Crippen molar-refractivity contribution in [1.29, 1.82) is 5.26 Å². The molecule has 0 radical (unpaired) electrons. The molecule has 2 N–H and O–H groups in total. The van der Waals surface area contributed by atoms with Crippen LogP contribution in [0.25, 0.3) is 0 Å². The second-order valence-electron chi connectivity index (χ2n) is 4.03. The minimum atomic E-state index is 0.551. The van der Waals surface area contributed by atoms with Crippen LogP contribution in [-0.4, -0.2) is 9.55 Å². The monoisotopic (exact) mass is 246 g/mol. The molecule has 0 unspecified atom stereocenters. The Labute approximate surface area is 104 Å². The average molecular weight is 246 g/mol. The Balaban J connectivity index is 2.48. The third kappa shape index (κ3) is 1.81. The second kappa shape index (κ2) is 4.22. The van der Waals surface area contributed by atoms with E-state index in [1.807, 2.05) is 30.8 Å². The molecule has 5 heteroatoms. The molecule has 17 heavy (non-hydrogen) atoms. The summed E-state index contributed by atoms with van der Waals surface area (Å²) in [5.74, 6) is 0.551. The van der Waals surface area contributed by atoms with Crippen molar-refractivity contribution in [2.75, 3.05) is 5.73 Å². The Morgan fingerprint density at radius 2 is 2.18 bits per heavy atom. The first-order valence-electron chi connectivity index (χ1n) is 5.30. The van der Waals surface area contributed by atoms with Crippen LogP contribution in [0.2, 0.25) is 0 Å². The molecule has 2 aromatic rings. The molecule has 0 fully saturated rings. The van der Waals surface area contributed by atoms with E-state index in [4.69, 9.17) is 11.0 Å². The smallest absolute Gasteiger partial charge is 0.122 e. The largest absolute Gasteiger partial charge is 0.384 e. The normalized spacial score (nSPS) is 10.5. The molecule has 0 atom stereocenters. The summed E-state index contributed by atoms with van der Waals surface area (Å²) in [6.07, 6.45) is 0. The van der Waals surface area contributed by atoms with Crippen LogP contribution in [0.3, 0.4) is 0 Å². The van der Waals surface area contributed by atoms with E-state index in [1.165, 1.54) is 4.88 Å². The van der Waals surface area contributed by atoms with Gasteiger partial charge in [-0.05, 0) is 26.3 Å². The van der Waals surface area contributed by atoms with Crippen molar-refractivity contribution in [2.24, 2.45) is 0 Å². The van der Waals surface area contributed by atoms with Gasteiger partial charge in [0.05, 0.1) is 23.3 Å². The standard InChI is InChI=1S/C12H14N4S/c1-7-9(3)16(12(14)10(7)4-13)5-11-8(2)15-6-17-11/h6H,5,14H2,1-3H3. The first kappa shape index (κ1) is 11.7. The fourth-order valence-electron chi connectivity index (χ4n) is 1.86. The van der Waals surface area contributed by atoms with E-state index in [1.54, 1.807) is 11.3 Å². The molecular weight excluding hydrogens is 232 g/mol. The van der Waals surface area contributed by atoms with E-state index in [0.717, 1.165) is 17.0 Å². The van der Waals surface area contributed by atoms with E-state index in [9.17, 15) is 0 Å². The lowest BCUT2D eigenvalue weighted by Gasteiger charge is -2.07. The fourth-order valence-corrected chi connectivity index (χ4v) is 2.62. The number of nitrogens with two attached hydrogens (primary N) is 1. The quantitative estimate of drug-likeness (QED) is 0.884. The Hall–Kier alpha value is -1.80. The molecule has 0 saturated heterocycles. The molecule has 4 nitrogen and oxygen atoms in total. The number of aryl methyl sites for hydroxylation is 1. The van der Waals surface area contributed by atoms with Crippen molar-refractivity contribution in [1.82, 2.24) is 9.55 Å². The van der Waals surface area contributed by atoms with Crippen LogP contribution >= 0.6 is 11.3 Å². The molecule has 88 valence electrons. The summed E-state index contributed by atoms with van der Waals surface area (Å²) < 4.78 is 1.98. The summed E-state index contributed by atoms with van der Waals surface area (Å²) in [4.78, 5) is 5.40. The highest BCUT2D eigenvalue weighted by atomic mass is 32.1. The van der Waals surface area contributed by atoms with Gasteiger partial charge in [-0.1, -0.05) is 0 Å². The Kier molecular flexibility index (Phi) is 2.90. The van der Waals surface area contributed by atoms with E-state index in [-0.39, 0.29) is 0 Å². The first-order chi connectivity index (χ1) is 8.06. The summed E-state index contributed by atoms with van der Waals surface area (Å²) >= 11 is 1.61. The molecule has 0 spiro atoms. The van der Waals surface area contributed by atoms with E-state index in [2.05, 4.69) is 11.1 Å². The zero-order chi connectivity index (χ0) is 12.6. The van der Waals surface area contributed by atoms with Gasteiger partial charge in [0.25, 0.3) is 0 Å². The number of thiazole rings is 1. The maximum absolute atomic E-state index is 9.06. The third-order valence-corrected chi connectivity index (χ3v) is 4.05. The van der Waals surface area contributed by atoms with Gasteiger partial charge in [-0.15, -0.1) is 11.3 Å². The van der Waals surface area contributed by atoms with E-state index >= 15 is 0 Å². The predicted molar refractivity (Wildman–Crippen MR) is 69.0 cm³/mol. The molecule has 0 aromatic carbocycles. The van der Waals surface area contributed by atoms with Crippen molar-refractivity contribution < 1.29 is 0 Å². The van der Waals surface area contributed by atoms with Gasteiger partial charge in [-0.25, -0.2) is 4.98 Å². The molecule has 0 saturated carbocycles. The van der Waals surface area contributed by atoms with Crippen LogP contribution in [0.4, 0.5) is 5.82 Å². The van der Waals surface area contributed by atoms with Crippen molar-refractivity contribution in [3.05, 3.63) is 32.9 Å². The summed E-state index contributed by atoms with van der Waals surface area (Å²) in [7, 11) is 0. The summed E-state index contributed by atoms with van der Waals surface area (Å²) in [6, 6.07) is 2.16. The van der Waals surface area contributed by atoms with Crippen molar-refractivity contribution in [2.45, 2.75) is 27.3 Å². The highest BCUT2D eigenvalue weighted by molar-refractivity contribution is 7.09. The molecule has 2 rings (SSSR count). The minimum absolute atomic E-state index is 0.551. The van der Waals surface area contributed by atoms with Crippen LogP contribution in [0.5, 0.6) is 0 Å². The third-order valence-electron chi connectivity index (χ3n) is 3.13. The minimum Gasteiger partial charge on any atom is -0.384 e. The van der Waals surface area contributed by atoms with Crippen LogP contribution in [0.1, 0.15) is 27.4 Å². The number of aromatic nitrogens is 2. The van der Waals surface area contributed by atoms with Crippen LogP contribution < -0.4 is 5.73 Å². The van der Waals surface area contributed by atoms with Gasteiger partial charge in [0, 0.05) is 10.6 Å². The first-order valence-corrected chi connectivity index (χ1v) is 6.18. The van der Waals surface area contributed by atoms with Gasteiger partial charge in [0.2, 0.25) is 0 Å². The Morgan fingerprint density at radius 3 is 2.65 bits per heavy atom. The summed E-state index contributed by atoms with van der Waals surface area (Å²) in [5, 5.41) is 9.06. The number of nitriles is 1. The highest BCUT2D eigenvalue weighted by Gasteiger charge is 2.16. The Bertz CT molecular complexity index is 601. The molecular formula is C12H14N4S. The van der Waals surface area contributed by atoms with Crippen molar-refractivity contribution >= 4 is 17.2 Å². The maximum Gasteiger partial charge on any atom is 0.122 e. The molecule has 0 bridgehead atoms. The van der Waals surface area contributed by atoms with Gasteiger partial charge >= 0.3 is 0 Å². The zero-order valence-electron chi connectivity index (χ0n) is 10.1. The highest BCUT2D eigenvalue weighted by Crippen LogP contribution is 2.26. The number of hydrogen-bond donors (Lipinski definition) is 1. The maximum atomic E-state index is 9.06.